The number of carbonyl (C=O) groups excluding carboxylic acids is 1. The second kappa shape index (κ2) is 7.02. The van der Waals surface area contributed by atoms with Crippen molar-refractivity contribution >= 4 is 15.9 Å². The first-order valence-corrected chi connectivity index (χ1v) is 8.86. The summed E-state index contributed by atoms with van der Waals surface area (Å²) in [5, 5.41) is 7.98. The molecule has 3 N–H and O–H groups in total. The number of amides is 1. The molecule has 0 aliphatic carbocycles. The minimum absolute atomic E-state index is 0.0943. The maximum atomic E-state index is 12.5. The second-order valence-corrected chi connectivity index (χ2v) is 7.02. The summed E-state index contributed by atoms with van der Waals surface area (Å²) < 4.78 is 28.2. The fraction of sp³-hybridized carbons (Fsp3) is 0.235. The van der Waals surface area contributed by atoms with E-state index in [1.54, 1.807) is 20.1 Å². The molecule has 2 rings (SSSR count). The molecule has 2 aromatic carbocycles. The molecule has 0 bridgehead atoms. The Morgan fingerprint density at radius 1 is 1.21 bits per heavy atom. The Balaban J connectivity index is 2.30. The van der Waals surface area contributed by atoms with Crippen molar-refractivity contribution in [1.82, 2.24) is 5.32 Å². The summed E-state index contributed by atoms with van der Waals surface area (Å²) >= 11 is 0. The van der Waals surface area contributed by atoms with Gasteiger partial charge in [-0.25, -0.2) is 13.6 Å². The number of benzene rings is 2. The van der Waals surface area contributed by atoms with Gasteiger partial charge in [0.15, 0.2) is 0 Å². The number of sulfonamides is 1. The van der Waals surface area contributed by atoms with Crippen LogP contribution in [0.15, 0.2) is 47.4 Å². The molecule has 128 valence electrons. The van der Waals surface area contributed by atoms with Crippen molar-refractivity contribution in [3.63, 3.8) is 0 Å². The van der Waals surface area contributed by atoms with Gasteiger partial charge in [-0.1, -0.05) is 24.3 Å². The van der Waals surface area contributed by atoms with Gasteiger partial charge in [-0.2, -0.15) is 0 Å². The molecule has 0 aliphatic heterocycles. The van der Waals surface area contributed by atoms with E-state index in [9.17, 15) is 13.2 Å². The van der Waals surface area contributed by atoms with Gasteiger partial charge >= 0.3 is 0 Å². The minimum atomic E-state index is -3.87. The van der Waals surface area contributed by atoms with E-state index >= 15 is 0 Å². The van der Waals surface area contributed by atoms with Gasteiger partial charge in [0.2, 0.25) is 10.0 Å². The molecule has 0 radical (unpaired) electrons. The average molecular weight is 348 g/mol. The average Bonchev–Trinajstić information content (AvgIpc) is 2.53. The number of aryl methyl sites for hydroxylation is 1. The number of rotatable bonds is 5. The maximum absolute atomic E-state index is 12.5. The summed E-state index contributed by atoms with van der Waals surface area (Å²) in [6, 6.07) is 11.3. The standard InChI is InChI=1S/C17H20N2O4S/c1-11-8-9-13(24(18,21)22)10-15(11)17(20)19-12(2)14-6-4-5-7-16(14)23-3/h4-10,12H,1-3H3,(H,19,20)(H2,18,21,22)/t12-/m1/s1. The molecule has 0 saturated carbocycles. The van der Waals surface area contributed by atoms with E-state index in [1.165, 1.54) is 12.1 Å². The second-order valence-electron chi connectivity index (χ2n) is 5.46. The largest absolute Gasteiger partial charge is 0.496 e. The Labute approximate surface area is 141 Å². The first-order valence-electron chi connectivity index (χ1n) is 7.31. The molecule has 7 heteroatoms. The fourth-order valence-corrected chi connectivity index (χ4v) is 2.94. The molecule has 0 unspecified atom stereocenters. The van der Waals surface area contributed by atoms with Crippen LogP contribution in [0.4, 0.5) is 0 Å². The molecule has 0 aromatic heterocycles. The van der Waals surface area contributed by atoms with Crippen molar-refractivity contribution in [2.24, 2.45) is 5.14 Å². The summed E-state index contributed by atoms with van der Waals surface area (Å²) in [7, 11) is -2.30. The zero-order chi connectivity index (χ0) is 17.9. The van der Waals surface area contributed by atoms with Crippen LogP contribution < -0.4 is 15.2 Å². The number of methoxy groups -OCH3 is 1. The maximum Gasteiger partial charge on any atom is 0.252 e. The summed E-state index contributed by atoms with van der Waals surface area (Å²) in [4.78, 5) is 12.4. The Morgan fingerprint density at radius 2 is 1.88 bits per heavy atom. The third kappa shape index (κ3) is 3.93. The van der Waals surface area contributed by atoms with Crippen molar-refractivity contribution in [3.8, 4) is 5.75 Å². The van der Waals surface area contributed by atoms with E-state index in [4.69, 9.17) is 9.88 Å². The van der Waals surface area contributed by atoms with Crippen molar-refractivity contribution in [2.45, 2.75) is 24.8 Å². The van der Waals surface area contributed by atoms with Crippen LogP contribution >= 0.6 is 0 Å². The van der Waals surface area contributed by atoms with Crippen molar-refractivity contribution < 1.29 is 17.9 Å². The Morgan fingerprint density at radius 3 is 2.50 bits per heavy atom. The number of nitrogens with two attached hydrogens (primary N) is 1. The van der Waals surface area contributed by atoms with Crippen LogP contribution in [0.5, 0.6) is 5.75 Å². The third-order valence-corrected chi connectivity index (χ3v) is 4.65. The van der Waals surface area contributed by atoms with Gasteiger partial charge in [-0.15, -0.1) is 0 Å². The van der Waals surface area contributed by atoms with Gasteiger partial charge in [0.25, 0.3) is 5.91 Å². The lowest BCUT2D eigenvalue weighted by molar-refractivity contribution is 0.0938. The lowest BCUT2D eigenvalue weighted by Gasteiger charge is -2.18. The normalized spacial score (nSPS) is 12.5. The summed E-state index contributed by atoms with van der Waals surface area (Å²) in [6.45, 7) is 3.56. The molecule has 1 amide bonds. The number of carbonyl (C=O) groups is 1. The number of nitrogens with one attached hydrogen (secondary N) is 1. The van der Waals surface area contributed by atoms with Crippen molar-refractivity contribution in [2.75, 3.05) is 7.11 Å². The zero-order valence-corrected chi connectivity index (χ0v) is 14.6. The van der Waals surface area contributed by atoms with Crippen LogP contribution in [0, 0.1) is 6.92 Å². The lowest BCUT2D eigenvalue weighted by Crippen LogP contribution is -2.28. The highest BCUT2D eigenvalue weighted by molar-refractivity contribution is 7.89. The van der Waals surface area contributed by atoms with E-state index in [0.717, 1.165) is 5.56 Å². The summed E-state index contributed by atoms with van der Waals surface area (Å²) in [5.41, 5.74) is 1.75. The van der Waals surface area contributed by atoms with Crippen LogP contribution in [0.25, 0.3) is 0 Å². The fourth-order valence-electron chi connectivity index (χ4n) is 2.40. The van der Waals surface area contributed by atoms with E-state index < -0.39 is 10.0 Å². The number of para-hydroxylation sites is 1. The molecule has 2 aromatic rings. The number of ether oxygens (including phenoxy) is 1. The molecule has 0 fully saturated rings. The first kappa shape index (κ1) is 18.0. The number of hydrogen-bond donors (Lipinski definition) is 2. The van der Waals surface area contributed by atoms with Crippen molar-refractivity contribution in [1.29, 1.82) is 0 Å². The SMILES string of the molecule is COc1ccccc1[C@@H](C)NC(=O)c1cc(S(N)(=O)=O)ccc1C. The van der Waals surface area contributed by atoms with Crippen LogP contribution in [-0.4, -0.2) is 21.4 Å². The van der Waals surface area contributed by atoms with Gasteiger partial charge in [0.1, 0.15) is 5.75 Å². The Kier molecular flexibility index (Phi) is 5.26. The highest BCUT2D eigenvalue weighted by atomic mass is 32.2. The third-order valence-electron chi connectivity index (χ3n) is 3.74. The molecular formula is C17H20N2O4S. The van der Waals surface area contributed by atoms with Gasteiger partial charge in [-0.3, -0.25) is 4.79 Å². The molecule has 0 aliphatic rings. The number of primary sulfonamides is 1. The molecule has 0 heterocycles. The zero-order valence-electron chi connectivity index (χ0n) is 13.7. The predicted molar refractivity (Wildman–Crippen MR) is 91.4 cm³/mol. The van der Waals surface area contributed by atoms with E-state index in [2.05, 4.69) is 5.32 Å². The van der Waals surface area contributed by atoms with Gasteiger partial charge < -0.3 is 10.1 Å². The van der Waals surface area contributed by atoms with E-state index in [0.29, 0.717) is 11.3 Å². The molecular weight excluding hydrogens is 328 g/mol. The Hall–Kier alpha value is -2.38. The first-order chi connectivity index (χ1) is 11.2. The molecule has 0 saturated heterocycles. The summed E-state index contributed by atoms with van der Waals surface area (Å²) in [6.07, 6.45) is 0. The smallest absolute Gasteiger partial charge is 0.252 e. The highest BCUT2D eigenvalue weighted by Gasteiger charge is 2.18. The van der Waals surface area contributed by atoms with Gasteiger partial charge in [0.05, 0.1) is 18.0 Å². The van der Waals surface area contributed by atoms with Crippen LogP contribution in [0.1, 0.15) is 34.5 Å². The molecule has 1 atom stereocenters. The van der Waals surface area contributed by atoms with Crippen LogP contribution in [-0.2, 0) is 10.0 Å². The topological polar surface area (TPSA) is 98.5 Å². The van der Waals surface area contributed by atoms with Crippen LogP contribution in [0.2, 0.25) is 0 Å². The summed E-state index contributed by atoms with van der Waals surface area (Å²) in [5.74, 6) is 0.289. The lowest BCUT2D eigenvalue weighted by atomic mass is 10.0. The highest BCUT2D eigenvalue weighted by Crippen LogP contribution is 2.25. The van der Waals surface area contributed by atoms with E-state index in [1.807, 2.05) is 31.2 Å². The van der Waals surface area contributed by atoms with Crippen LogP contribution in [0.3, 0.4) is 0 Å². The monoisotopic (exact) mass is 348 g/mol. The minimum Gasteiger partial charge on any atom is -0.496 e. The Bertz CT molecular complexity index is 863. The van der Waals surface area contributed by atoms with Gasteiger partial charge in [-0.05, 0) is 37.6 Å². The molecule has 6 nitrogen and oxygen atoms in total. The van der Waals surface area contributed by atoms with E-state index in [-0.39, 0.29) is 22.4 Å². The predicted octanol–water partition coefficient (Wildman–Crippen LogP) is 2.14. The van der Waals surface area contributed by atoms with Crippen molar-refractivity contribution in [3.05, 3.63) is 59.2 Å². The number of hydrogen-bond acceptors (Lipinski definition) is 4. The quantitative estimate of drug-likeness (QED) is 0.865. The van der Waals surface area contributed by atoms with Gasteiger partial charge in [0, 0.05) is 11.1 Å². The molecule has 0 spiro atoms. The molecule has 24 heavy (non-hydrogen) atoms.